The van der Waals surface area contributed by atoms with Crippen LogP contribution in [0.5, 0.6) is 0 Å². The Labute approximate surface area is 158 Å². The van der Waals surface area contributed by atoms with Crippen molar-refractivity contribution >= 4 is 12.1 Å². The Hall–Kier alpha value is -1.46. The van der Waals surface area contributed by atoms with Crippen molar-refractivity contribution in [3.8, 4) is 0 Å². The predicted molar refractivity (Wildman–Crippen MR) is 106 cm³/mol. The zero-order valence-corrected chi connectivity index (χ0v) is 17.3. The van der Waals surface area contributed by atoms with Crippen molar-refractivity contribution in [2.45, 2.75) is 96.7 Å². The molecular formula is C20H38N4O2. The van der Waals surface area contributed by atoms with E-state index in [9.17, 15) is 4.79 Å². The number of ether oxygens (including phenoxy) is 1. The Bertz CT molecular complexity index is 485. The van der Waals surface area contributed by atoms with Crippen LogP contribution in [-0.4, -0.2) is 43.3 Å². The molecule has 26 heavy (non-hydrogen) atoms. The van der Waals surface area contributed by atoms with E-state index in [1.807, 2.05) is 27.8 Å². The fourth-order valence-corrected chi connectivity index (χ4v) is 3.95. The summed E-state index contributed by atoms with van der Waals surface area (Å²) in [6, 6.07) is 0.615. The summed E-state index contributed by atoms with van der Waals surface area (Å²) >= 11 is 0. The number of nitrogens with one attached hydrogen (secondary N) is 3. The molecule has 0 heterocycles. The average molecular weight is 367 g/mol. The Morgan fingerprint density at radius 2 is 1.62 bits per heavy atom. The summed E-state index contributed by atoms with van der Waals surface area (Å²) in [7, 11) is 1.84. The van der Waals surface area contributed by atoms with Gasteiger partial charge in [0.1, 0.15) is 5.60 Å². The van der Waals surface area contributed by atoms with Crippen LogP contribution in [-0.2, 0) is 4.74 Å². The van der Waals surface area contributed by atoms with Gasteiger partial charge in [-0.15, -0.1) is 0 Å². The molecule has 150 valence electrons. The highest BCUT2D eigenvalue weighted by atomic mass is 16.6. The number of aliphatic imine (C=N–C) groups is 1. The molecule has 0 radical (unpaired) electrons. The van der Waals surface area contributed by atoms with E-state index in [4.69, 9.17) is 4.74 Å². The van der Waals surface area contributed by atoms with Gasteiger partial charge in [-0.2, -0.15) is 0 Å². The Morgan fingerprint density at radius 3 is 2.12 bits per heavy atom. The summed E-state index contributed by atoms with van der Waals surface area (Å²) in [6.45, 7) is 9.02. The Balaban J connectivity index is 1.69. The van der Waals surface area contributed by atoms with Gasteiger partial charge in [0.05, 0.1) is 0 Å². The number of hydrogen-bond donors (Lipinski definition) is 3. The first-order valence-corrected chi connectivity index (χ1v) is 10.2. The third-order valence-corrected chi connectivity index (χ3v) is 5.51. The lowest BCUT2D eigenvalue weighted by atomic mass is 9.89. The van der Waals surface area contributed by atoms with E-state index in [2.05, 4.69) is 27.9 Å². The molecule has 0 aliphatic heterocycles. The van der Waals surface area contributed by atoms with Gasteiger partial charge in [0.15, 0.2) is 5.96 Å². The smallest absolute Gasteiger partial charge is 0.407 e. The van der Waals surface area contributed by atoms with Gasteiger partial charge in [0.25, 0.3) is 0 Å². The molecule has 0 aromatic heterocycles. The first-order chi connectivity index (χ1) is 12.2. The summed E-state index contributed by atoms with van der Waals surface area (Å²) < 4.78 is 5.34. The minimum Gasteiger partial charge on any atom is -0.444 e. The van der Waals surface area contributed by atoms with Gasteiger partial charge in [-0.3, -0.25) is 4.99 Å². The summed E-state index contributed by atoms with van der Waals surface area (Å²) in [5.41, 5.74) is -0.0381. The molecule has 6 nitrogen and oxygen atoms in total. The lowest BCUT2D eigenvalue weighted by molar-refractivity contribution is 0.0490. The van der Waals surface area contributed by atoms with Crippen molar-refractivity contribution in [3.05, 3.63) is 0 Å². The standard InChI is InChI=1S/C20H38N4O2/c1-19(2,3)26-18(25)24-16-10-8-15(9-11-16)23-17(21-5)22-14-20(4)12-6-7-13-20/h15-16H,6-14H2,1-5H3,(H,24,25)(H2,21,22,23). The van der Waals surface area contributed by atoms with Crippen LogP contribution >= 0.6 is 0 Å². The highest BCUT2D eigenvalue weighted by Crippen LogP contribution is 2.36. The number of rotatable bonds is 4. The van der Waals surface area contributed by atoms with E-state index in [0.717, 1.165) is 38.2 Å². The highest BCUT2D eigenvalue weighted by molar-refractivity contribution is 5.80. The third kappa shape index (κ3) is 7.04. The van der Waals surface area contributed by atoms with Crippen LogP contribution in [0.1, 0.15) is 79.1 Å². The number of nitrogens with zero attached hydrogens (tertiary/aromatic N) is 1. The number of carbonyl (C=O) groups is 1. The van der Waals surface area contributed by atoms with E-state index < -0.39 is 5.60 Å². The van der Waals surface area contributed by atoms with Crippen molar-refractivity contribution in [2.75, 3.05) is 13.6 Å². The zero-order valence-electron chi connectivity index (χ0n) is 17.3. The van der Waals surface area contributed by atoms with Crippen LogP contribution < -0.4 is 16.0 Å². The van der Waals surface area contributed by atoms with Crippen LogP contribution in [0.4, 0.5) is 4.79 Å². The molecule has 0 saturated heterocycles. The molecule has 2 fully saturated rings. The minimum atomic E-state index is -0.447. The predicted octanol–water partition coefficient (Wildman–Crippen LogP) is 3.57. The second kappa shape index (κ2) is 8.96. The topological polar surface area (TPSA) is 74.8 Å². The van der Waals surface area contributed by atoms with E-state index in [1.165, 1.54) is 25.7 Å². The monoisotopic (exact) mass is 366 g/mol. The Morgan fingerprint density at radius 1 is 1.08 bits per heavy atom. The molecule has 3 N–H and O–H groups in total. The van der Waals surface area contributed by atoms with E-state index >= 15 is 0 Å². The molecule has 2 aliphatic rings. The fourth-order valence-electron chi connectivity index (χ4n) is 3.95. The molecule has 2 aliphatic carbocycles. The maximum absolute atomic E-state index is 11.9. The van der Waals surface area contributed by atoms with Gasteiger partial charge in [0.2, 0.25) is 0 Å². The van der Waals surface area contributed by atoms with Crippen molar-refractivity contribution < 1.29 is 9.53 Å². The number of amides is 1. The normalized spacial score (nSPS) is 26.3. The largest absolute Gasteiger partial charge is 0.444 e. The molecule has 0 unspecified atom stereocenters. The van der Waals surface area contributed by atoms with Crippen LogP contribution in [0, 0.1) is 5.41 Å². The van der Waals surface area contributed by atoms with Crippen LogP contribution in [0.2, 0.25) is 0 Å². The highest BCUT2D eigenvalue weighted by Gasteiger charge is 2.29. The zero-order chi connectivity index (χ0) is 19.2. The lowest BCUT2D eigenvalue weighted by Crippen LogP contribution is -2.49. The second-order valence-electron chi connectivity index (χ2n) is 9.28. The molecule has 0 atom stereocenters. The van der Waals surface area contributed by atoms with E-state index in [0.29, 0.717) is 11.5 Å². The third-order valence-electron chi connectivity index (χ3n) is 5.51. The van der Waals surface area contributed by atoms with Gasteiger partial charge >= 0.3 is 6.09 Å². The maximum Gasteiger partial charge on any atom is 0.407 e. The summed E-state index contributed by atoms with van der Waals surface area (Å²) in [6.07, 6.45) is 8.97. The Kier molecular flexibility index (Phi) is 7.18. The van der Waals surface area contributed by atoms with Gasteiger partial charge < -0.3 is 20.7 Å². The molecular weight excluding hydrogens is 328 g/mol. The molecule has 6 heteroatoms. The molecule has 1 amide bonds. The molecule has 0 spiro atoms. The van der Waals surface area contributed by atoms with Crippen molar-refractivity contribution in [2.24, 2.45) is 10.4 Å². The quantitative estimate of drug-likeness (QED) is 0.525. The average Bonchev–Trinajstić information content (AvgIpc) is 2.98. The van der Waals surface area contributed by atoms with E-state index in [1.54, 1.807) is 0 Å². The summed E-state index contributed by atoms with van der Waals surface area (Å²) in [4.78, 5) is 16.3. The second-order valence-corrected chi connectivity index (χ2v) is 9.28. The van der Waals surface area contributed by atoms with Crippen LogP contribution in [0.3, 0.4) is 0 Å². The molecule has 2 saturated carbocycles. The number of hydrogen-bond acceptors (Lipinski definition) is 3. The van der Waals surface area contributed by atoms with Crippen LogP contribution in [0.25, 0.3) is 0 Å². The molecule has 0 aromatic carbocycles. The SMILES string of the molecule is CN=C(NCC1(C)CCCC1)NC1CCC(NC(=O)OC(C)(C)C)CC1. The first-order valence-electron chi connectivity index (χ1n) is 10.2. The number of carbonyl (C=O) groups excluding carboxylic acids is 1. The molecule has 2 rings (SSSR count). The van der Waals surface area contributed by atoms with Crippen LogP contribution in [0.15, 0.2) is 4.99 Å². The molecule has 0 aromatic rings. The van der Waals surface area contributed by atoms with Gasteiger partial charge in [0, 0.05) is 25.7 Å². The number of guanidine groups is 1. The van der Waals surface area contributed by atoms with Gasteiger partial charge in [-0.25, -0.2) is 4.79 Å². The summed E-state index contributed by atoms with van der Waals surface area (Å²) in [5.74, 6) is 0.904. The maximum atomic E-state index is 11.9. The van der Waals surface area contributed by atoms with Crippen molar-refractivity contribution in [3.63, 3.8) is 0 Å². The summed E-state index contributed by atoms with van der Waals surface area (Å²) in [5, 5.41) is 10.1. The minimum absolute atomic E-state index is 0.204. The first kappa shape index (κ1) is 20.8. The van der Waals surface area contributed by atoms with E-state index in [-0.39, 0.29) is 12.1 Å². The van der Waals surface area contributed by atoms with Gasteiger partial charge in [-0.05, 0) is 64.7 Å². The van der Waals surface area contributed by atoms with Crippen molar-refractivity contribution in [1.29, 1.82) is 0 Å². The molecule has 0 bridgehead atoms. The van der Waals surface area contributed by atoms with Gasteiger partial charge in [-0.1, -0.05) is 19.8 Å². The fraction of sp³-hybridized carbons (Fsp3) is 0.900. The van der Waals surface area contributed by atoms with Crippen molar-refractivity contribution in [1.82, 2.24) is 16.0 Å². The lowest BCUT2D eigenvalue weighted by Gasteiger charge is -2.32. The number of alkyl carbamates (subject to hydrolysis) is 1.